The van der Waals surface area contributed by atoms with E-state index in [0.29, 0.717) is 22.7 Å². The fourth-order valence-electron chi connectivity index (χ4n) is 3.48. The van der Waals surface area contributed by atoms with E-state index in [0.717, 1.165) is 27.0 Å². The number of hydrogen-bond acceptors (Lipinski definition) is 4. The minimum atomic E-state index is -0.287. The molecule has 0 saturated carbocycles. The van der Waals surface area contributed by atoms with E-state index in [1.54, 1.807) is 31.3 Å². The zero-order valence-corrected chi connectivity index (χ0v) is 18.1. The second kappa shape index (κ2) is 8.31. The SMILES string of the molecule is CNC(=O)c1c(C)cccc1NC(=O)c1cc2c(C)nn(Cc3ccc(F)cc3)c2s1. The number of carbonyl (C=O) groups is 2. The molecule has 31 heavy (non-hydrogen) atoms. The third kappa shape index (κ3) is 4.06. The molecule has 0 aliphatic carbocycles. The highest BCUT2D eigenvalue weighted by atomic mass is 32.1. The van der Waals surface area contributed by atoms with Gasteiger partial charge in [-0.2, -0.15) is 5.10 Å². The van der Waals surface area contributed by atoms with Crippen molar-refractivity contribution in [3.05, 3.63) is 81.6 Å². The molecule has 0 unspecified atom stereocenters. The molecule has 2 aromatic heterocycles. The van der Waals surface area contributed by atoms with Gasteiger partial charge in [0.15, 0.2) is 0 Å². The second-order valence-corrected chi connectivity index (χ2v) is 8.26. The fourth-order valence-corrected chi connectivity index (χ4v) is 4.53. The molecule has 2 amide bonds. The molecule has 4 rings (SSSR count). The summed E-state index contributed by atoms with van der Waals surface area (Å²) in [6.45, 7) is 4.19. The molecule has 0 spiro atoms. The topological polar surface area (TPSA) is 76.0 Å². The molecule has 6 nitrogen and oxygen atoms in total. The van der Waals surface area contributed by atoms with Crippen LogP contribution in [0.4, 0.5) is 10.1 Å². The zero-order valence-electron chi connectivity index (χ0n) is 17.3. The smallest absolute Gasteiger partial charge is 0.265 e. The van der Waals surface area contributed by atoms with E-state index in [2.05, 4.69) is 15.7 Å². The Kier molecular flexibility index (Phi) is 5.56. The summed E-state index contributed by atoms with van der Waals surface area (Å²) in [5.74, 6) is -0.826. The van der Waals surface area contributed by atoms with Crippen LogP contribution in [0.5, 0.6) is 0 Å². The van der Waals surface area contributed by atoms with E-state index < -0.39 is 0 Å². The number of fused-ring (bicyclic) bond motifs is 1. The van der Waals surface area contributed by atoms with Gasteiger partial charge in [0.1, 0.15) is 10.6 Å². The van der Waals surface area contributed by atoms with Crippen LogP contribution in [0.15, 0.2) is 48.5 Å². The lowest BCUT2D eigenvalue weighted by Crippen LogP contribution is -2.22. The van der Waals surface area contributed by atoms with Crippen molar-refractivity contribution in [2.45, 2.75) is 20.4 Å². The second-order valence-electron chi connectivity index (χ2n) is 7.23. The standard InChI is InChI=1S/C23H21FN4O2S/c1-13-5-4-6-18(20(13)22(30)25-3)26-21(29)19-11-17-14(2)27-28(23(17)31-19)12-15-7-9-16(24)10-8-15/h4-11H,12H2,1-3H3,(H,25,30)(H,26,29). The van der Waals surface area contributed by atoms with Crippen LogP contribution in [0.25, 0.3) is 10.2 Å². The maximum absolute atomic E-state index is 13.2. The van der Waals surface area contributed by atoms with E-state index in [-0.39, 0.29) is 17.6 Å². The van der Waals surface area contributed by atoms with Crippen molar-refractivity contribution in [3.63, 3.8) is 0 Å². The van der Waals surface area contributed by atoms with Gasteiger partial charge in [-0.3, -0.25) is 14.3 Å². The first-order valence-electron chi connectivity index (χ1n) is 9.72. The van der Waals surface area contributed by atoms with E-state index in [4.69, 9.17) is 0 Å². The average Bonchev–Trinajstić information content (AvgIpc) is 3.31. The summed E-state index contributed by atoms with van der Waals surface area (Å²) in [4.78, 5) is 26.6. The third-order valence-corrected chi connectivity index (χ3v) is 6.20. The first kappa shape index (κ1) is 20.7. The number of halogens is 1. The minimum absolute atomic E-state index is 0.254. The molecule has 0 saturated heterocycles. The van der Waals surface area contributed by atoms with Gasteiger partial charge in [0, 0.05) is 12.4 Å². The molecule has 2 heterocycles. The van der Waals surface area contributed by atoms with Gasteiger partial charge in [-0.25, -0.2) is 4.39 Å². The van der Waals surface area contributed by atoms with Gasteiger partial charge < -0.3 is 10.6 Å². The molecule has 0 bridgehead atoms. The van der Waals surface area contributed by atoms with Crippen molar-refractivity contribution in [1.29, 1.82) is 0 Å². The number of benzene rings is 2. The lowest BCUT2D eigenvalue weighted by molar-refractivity contribution is 0.0963. The number of amides is 2. The van der Waals surface area contributed by atoms with E-state index in [1.165, 1.54) is 23.5 Å². The summed E-state index contributed by atoms with van der Waals surface area (Å²) in [7, 11) is 1.56. The molecule has 8 heteroatoms. The van der Waals surface area contributed by atoms with Crippen molar-refractivity contribution >= 4 is 39.1 Å². The maximum atomic E-state index is 13.2. The summed E-state index contributed by atoms with van der Waals surface area (Å²) in [5, 5.41) is 10.9. The molecular weight excluding hydrogens is 415 g/mol. The van der Waals surface area contributed by atoms with Crippen LogP contribution in [0.3, 0.4) is 0 Å². The van der Waals surface area contributed by atoms with Crippen LogP contribution in [0.2, 0.25) is 0 Å². The number of nitrogens with one attached hydrogen (secondary N) is 2. The Bertz CT molecular complexity index is 1290. The Morgan fingerprint density at radius 3 is 2.55 bits per heavy atom. The summed E-state index contributed by atoms with van der Waals surface area (Å²) < 4.78 is 15.0. The highest BCUT2D eigenvalue weighted by Gasteiger charge is 2.19. The number of rotatable bonds is 5. The van der Waals surface area contributed by atoms with Crippen LogP contribution in [0.1, 0.15) is 36.9 Å². The van der Waals surface area contributed by atoms with Gasteiger partial charge in [-0.05, 0) is 49.2 Å². The number of nitrogens with zero attached hydrogens (tertiary/aromatic N) is 2. The molecule has 2 aromatic carbocycles. The number of hydrogen-bond donors (Lipinski definition) is 2. The average molecular weight is 437 g/mol. The Labute approximate surface area is 182 Å². The summed E-state index contributed by atoms with van der Waals surface area (Å²) in [5.41, 5.74) is 3.41. The van der Waals surface area contributed by atoms with Crippen LogP contribution in [-0.4, -0.2) is 28.6 Å². The molecule has 0 aliphatic heterocycles. The van der Waals surface area contributed by atoms with Crippen molar-refractivity contribution < 1.29 is 14.0 Å². The first-order valence-corrected chi connectivity index (χ1v) is 10.5. The highest BCUT2D eigenvalue weighted by molar-refractivity contribution is 7.20. The van der Waals surface area contributed by atoms with Crippen molar-refractivity contribution in [1.82, 2.24) is 15.1 Å². The van der Waals surface area contributed by atoms with Crippen LogP contribution < -0.4 is 10.6 Å². The number of thiophene rings is 1. The maximum Gasteiger partial charge on any atom is 0.265 e. The minimum Gasteiger partial charge on any atom is -0.355 e. The number of aryl methyl sites for hydroxylation is 2. The predicted molar refractivity (Wildman–Crippen MR) is 120 cm³/mol. The van der Waals surface area contributed by atoms with Gasteiger partial charge >= 0.3 is 0 Å². The van der Waals surface area contributed by atoms with Crippen LogP contribution in [-0.2, 0) is 6.54 Å². The molecule has 0 fully saturated rings. The number of aromatic nitrogens is 2. The van der Waals surface area contributed by atoms with Crippen molar-refractivity contribution in [3.8, 4) is 0 Å². The van der Waals surface area contributed by atoms with Gasteiger partial charge in [-0.15, -0.1) is 11.3 Å². The predicted octanol–water partition coefficient (Wildman–Crippen LogP) is 4.51. The fraction of sp³-hybridized carbons (Fsp3) is 0.174. The highest BCUT2D eigenvalue weighted by Crippen LogP contribution is 2.30. The van der Waals surface area contributed by atoms with Crippen molar-refractivity contribution in [2.75, 3.05) is 12.4 Å². The molecule has 0 radical (unpaired) electrons. The van der Waals surface area contributed by atoms with Gasteiger partial charge in [-0.1, -0.05) is 24.3 Å². The molecule has 4 aromatic rings. The largest absolute Gasteiger partial charge is 0.355 e. The monoisotopic (exact) mass is 436 g/mol. The zero-order chi connectivity index (χ0) is 22.1. The summed E-state index contributed by atoms with van der Waals surface area (Å²) in [6, 6.07) is 13.4. The number of carbonyl (C=O) groups excluding carboxylic acids is 2. The van der Waals surface area contributed by atoms with Gasteiger partial charge in [0.2, 0.25) is 0 Å². The Morgan fingerprint density at radius 2 is 1.84 bits per heavy atom. The molecule has 0 atom stereocenters. The molecule has 0 aliphatic rings. The van der Waals surface area contributed by atoms with E-state index in [9.17, 15) is 14.0 Å². The van der Waals surface area contributed by atoms with Crippen LogP contribution >= 0.6 is 11.3 Å². The van der Waals surface area contributed by atoms with Crippen molar-refractivity contribution in [2.24, 2.45) is 0 Å². The molecule has 2 N–H and O–H groups in total. The normalized spacial score (nSPS) is 11.0. The first-order chi connectivity index (χ1) is 14.9. The molecular formula is C23H21FN4O2S. The summed E-state index contributed by atoms with van der Waals surface area (Å²) in [6.07, 6.45) is 0. The van der Waals surface area contributed by atoms with Gasteiger partial charge in [0.25, 0.3) is 11.8 Å². The van der Waals surface area contributed by atoms with Gasteiger partial charge in [0.05, 0.1) is 28.4 Å². The number of anilines is 1. The molecule has 158 valence electrons. The third-order valence-electron chi connectivity index (χ3n) is 5.05. The quantitative estimate of drug-likeness (QED) is 0.483. The lowest BCUT2D eigenvalue weighted by Gasteiger charge is -2.12. The lowest BCUT2D eigenvalue weighted by atomic mass is 10.1. The van der Waals surface area contributed by atoms with E-state index >= 15 is 0 Å². The van der Waals surface area contributed by atoms with E-state index in [1.807, 2.05) is 30.7 Å². The van der Waals surface area contributed by atoms with Crippen LogP contribution in [0, 0.1) is 19.7 Å². The Balaban J connectivity index is 1.64. The summed E-state index contributed by atoms with van der Waals surface area (Å²) >= 11 is 1.33. The Hall–Kier alpha value is -3.52. The Morgan fingerprint density at radius 1 is 1.10 bits per heavy atom.